The first kappa shape index (κ1) is 10.6. The van der Waals surface area contributed by atoms with Gasteiger partial charge in [-0.15, -0.1) is 0 Å². The van der Waals surface area contributed by atoms with Gasteiger partial charge in [0.1, 0.15) is 11.2 Å². The molecule has 0 aromatic carbocycles. The Balaban J connectivity index is 2.62. The van der Waals surface area contributed by atoms with Crippen LogP contribution in [0.3, 0.4) is 0 Å². The Morgan fingerprint density at radius 3 is 2.88 bits per heavy atom. The van der Waals surface area contributed by atoms with Gasteiger partial charge in [-0.05, 0) is 26.0 Å². The predicted molar refractivity (Wildman–Crippen MR) is 59.3 cm³/mol. The van der Waals surface area contributed by atoms with E-state index in [1.165, 1.54) is 7.11 Å². The number of carbonyl (C=O) groups is 1. The third-order valence-electron chi connectivity index (χ3n) is 2.46. The van der Waals surface area contributed by atoms with Gasteiger partial charge >= 0.3 is 5.97 Å². The summed E-state index contributed by atoms with van der Waals surface area (Å²) in [4.78, 5) is 15.6. The third kappa shape index (κ3) is 1.54. The van der Waals surface area contributed by atoms with Crippen molar-refractivity contribution in [3.8, 4) is 0 Å². The van der Waals surface area contributed by atoms with E-state index < -0.39 is 5.97 Å². The Morgan fingerprint density at radius 1 is 1.50 bits per heavy atom. The van der Waals surface area contributed by atoms with E-state index in [0.717, 1.165) is 23.3 Å². The highest BCUT2D eigenvalue weighted by molar-refractivity contribution is 5.90. The van der Waals surface area contributed by atoms with E-state index >= 15 is 0 Å². The van der Waals surface area contributed by atoms with Gasteiger partial charge in [-0.2, -0.15) is 5.10 Å². The number of esters is 1. The number of nitrogens with zero attached hydrogens (tertiary/aromatic N) is 3. The predicted octanol–water partition coefficient (Wildman–Crippen LogP) is 1.55. The number of hydrogen-bond acceptors (Lipinski definition) is 4. The van der Waals surface area contributed by atoms with E-state index in [1.807, 2.05) is 24.6 Å². The minimum Gasteiger partial charge on any atom is -0.464 e. The number of pyridine rings is 1. The highest BCUT2D eigenvalue weighted by atomic mass is 16.5. The maximum Gasteiger partial charge on any atom is 0.356 e. The molecule has 5 nitrogen and oxygen atoms in total. The molecule has 2 aromatic heterocycles. The van der Waals surface area contributed by atoms with Crippen LogP contribution in [0.25, 0.3) is 11.0 Å². The summed E-state index contributed by atoms with van der Waals surface area (Å²) in [5.74, 6) is -0.425. The zero-order chi connectivity index (χ0) is 11.7. The molecule has 0 aliphatic heterocycles. The maximum atomic E-state index is 11.3. The summed E-state index contributed by atoms with van der Waals surface area (Å²) >= 11 is 0. The van der Waals surface area contributed by atoms with Gasteiger partial charge in [0.2, 0.25) is 0 Å². The zero-order valence-corrected chi connectivity index (χ0v) is 9.52. The summed E-state index contributed by atoms with van der Waals surface area (Å²) in [5.41, 5.74) is 2.83. The van der Waals surface area contributed by atoms with Crippen LogP contribution in [0, 0.1) is 6.92 Å². The van der Waals surface area contributed by atoms with Crippen LogP contribution in [0.2, 0.25) is 0 Å². The monoisotopic (exact) mass is 219 g/mol. The Hall–Kier alpha value is -1.91. The molecule has 2 heterocycles. The first-order valence-electron chi connectivity index (χ1n) is 5.09. The molecule has 0 bridgehead atoms. The van der Waals surface area contributed by atoms with Gasteiger partial charge in [0.25, 0.3) is 0 Å². The lowest BCUT2D eigenvalue weighted by atomic mass is 10.3. The van der Waals surface area contributed by atoms with Gasteiger partial charge in [0, 0.05) is 6.54 Å². The SMILES string of the molecule is CCn1nc(C)c2nc(C(=O)OC)ccc21. The number of ether oxygens (including phenoxy) is 1. The normalized spacial score (nSPS) is 10.7. The number of hydrogen-bond donors (Lipinski definition) is 0. The Kier molecular flexibility index (Phi) is 2.60. The number of rotatable bonds is 2. The fourth-order valence-corrected chi connectivity index (χ4v) is 1.67. The fraction of sp³-hybridized carbons (Fsp3) is 0.364. The maximum absolute atomic E-state index is 11.3. The van der Waals surface area contributed by atoms with E-state index in [0.29, 0.717) is 5.69 Å². The molecule has 2 aromatic rings. The van der Waals surface area contributed by atoms with Crippen molar-refractivity contribution in [2.24, 2.45) is 0 Å². The molecule has 0 fully saturated rings. The molecule has 84 valence electrons. The average molecular weight is 219 g/mol. The van der Waals surface area contributed by atoms with Crippen molar-refractivity contribution in [2.45, 2.75) is 20.4 Å². The lowest BCUT2D eigenvalue weighted by Gasteiger charge is -2.00. The van der Waals surface area contributed by atoms with Crippen LogP contribution in [-0.4, -0.2) is 27.8 Å². The number of fused-ring (bicyclic) bond motifs is 1. The number of aryl methyl sites for hydroxylation is 2. The summed E-state index contributed by atoms with van der Waals surface area (Å²) in [7, 11) is 1.34. The molecular weight excluding hydrogens is 206 g/mol. The molecule has 0 spiro atoms. The van der Waals surface area contributed by atoms with E-state index in [4.69, 9.17) is 0 Å². The largest absolute Gasteiger partial charge is 0.464 e. The highest BCUT2D eigenvalue weighted by Gasteiger charge is 2.12. The molecule has 0 unspecified atom stereocenters. The molecule has 0 amide bonds. The van der Waals surface area contributed by atoms with Crippen LogP contribution in [0.4, 0.5) is 0 Å². The van der Waals surface area contributed by atoms with Crippen molar-refractivity contribution in [1.29, 1.82) is 0 Å². The highest BCUT2D eigenvalue weighted by Crippen LogP contribution is 2.16. The second-order valence-corrected chi connectivity index (χ2v) is 3.46. The zero-order valence-electron chi connectivity index (χ0n) is 9.52. The number of methoxy groups -OCH3 is 1. The molecule has 2 rings (SSSR count). The van der Waals surface area contributed by atoms with Gasteiger partial charge in [0.15, 0.2) is 0 Å². The Morgan fingerprint density at radius 2 is 2.25 bits per heavy atom. The van der Waals surface area contributed by atoms with Crippen molar-refractivity contribution in [3.05, 3.63) is 23.5 Å². The first-order valence-corrected chi connectivity index (χ1v) is 5.09. The summed E-state index contributed by atoms with van der Waals surface area (Å²) in [5, 5.41) is 4.34. The van der Waals surface area contributed by atoms with Gasteiger partial charge in [-0.1, -0.05) is 0 Å². The van der Waals surface area contributed by atoms with Gasteiger partial charge in [-0.3, -0.25) is 4.68 Å². The minimum absolute atomic E-state index is 0.314. The van der Waals surface area contributed by atoms with Gasteiger partial charge in [-0.25, -0.2) is 9.78 Å². The van der Waals surface area contributed by atoms with E-state index in [9.17, 15) is 4.79 Å². The summed E-state index contributed by atoms with van der Waals surface area (Å²) in [6.07, 6.45) is 0. The Labute approximate surface area is 93.0 Å². The summed E-state index contributed by atoms with van der Waals surface area (Å²) in [6.45, 7) is 4.67. The van der Waals surface area contributed by atoms with E-state index in [2.05, 4.69) is 14.8 Å². The minimum atomic E-state index is -0.425. The van der Waals surface area contributed by atoms with Crippen LogP contribution in [0.15, 0.2) is 12.1 Å². The quantitative estimate of drug-likeness (QED) is 0.719. The molecule has 0 aliphatic carbocycles. The molecule has 0 aliphatic rings. The molecule has 5 heteroatoms. The van der Waals surface area contributed by atoms with Crippen molar-refractivity contribution >= 4 is 17.0 Å². The third-order valence-corrected chi connectivity index (χ3v) is 2.46. The van der Waals surface area contributed by atoms with Crippen LogP contribution in [0.1, 0.15) is 23.1 Å². The molecule has 0 atom stereocenters. The summed E-state index contributed by atoms with van der Waals surface area (Å²) in [6, 6.07) is 3.50. The standard InChI is InChI=1S/C11H13N3O2/c1-4-14-9-6-5-8(11(15)16-3)12-10(9)7(2)13-14/h5-6H,4H2,1-3H3. The average Bonchev–Trinajstić information content (AvgIpc) is 2.64. The van der Waals surface area contributed by atoms with Gasteiger partial charge < -0.3 is 4.74 Å². The molecule has 0 radical (unpaired) electrons. The van der Waals surface area contributed by atoms with Crippen LogP contribution in [0.5, 0.6) is 0 Å². The van der Waals surface area contributed by atoms with Crippen molar-refractivity contribution in [3.63, 3.8) is 0 Å². The molecule has 16 heavy (non-hydrogen) atoms. The van der Waals surface area contributed by atoms with E-state index in [-0.39, 0.29) is 0 Å². The second-order valence-electron chi connectivity index (χ2n) is 3.46. The van der Waals surface area contributed by atoms with Crippen LogP contribution >= 0.6 is 0 Å². The van der Waals surface area contributed by atoms with Crippen LogP contribution < -0.4 is 0 Å². The topological polar surface area (TPSA) is 57.0 Å². The lowest BCUT2D eigenvalue weighted by Crippen LogP contribution is -2.04. The first-order chi connectivity index (χ1) is 7.67. The number of carbonyl (C=O) groups excluding carboxylic acids is 1. The Bertz CT molecular complexity index is 545. The lowest BCUT2D eigenvalue weighted by molar-refractivity contribution is 0.0594. The van der Waals surface area contributed by atoms with E-state index in [1.54, 1.807) is 6.07 Å². The summed E-state index contributed by atoms with van der Waals surface area (Å²) < 4.78 is 6.49. The fourth-order valence-electron chi connectivity index (χ4n) is 1.67. The smallest absolute Gasteiger partial charge is 0.356 e. The number of aromatic nitrogens is 3. The second kappa shape index (κ2) is 3.92. The van der Waals surface area contributed by atoms with Crippen LogP contribution in [-0.2, 0) is 11.3 Å². The van der Waals surface area contributed by atoms with Crippen molar-refractivity contribution in [2.75, 3.05) is 7.11 Å². The van der Waals surface area contributed by atoms with Crippen molar-refractivity contribution < 1.29 is 9.53 Å². The molecule has 0 N–H and O–H groups in total. The van der Waals surface area contributed by atoms with Crippen molar-refractivity contribution in [1.82, 2.24) is 14.8 Å². The van der Waals surface area contributed by atoms with Gasteiger partial charge in [0.05, 0.1) is 18.3 Å². The molecule has 0 saturated heterocycles. The molecule has 0 saturated carbocycles. The molecular formula is C11H13N3O2.